The molecule has 0 fully saturated rings. The van der Waals surface area contributed by atoms with Crippen LogP contribution in [0.15, 0.2) is 67.0 Å². The van der Waals surface area contributed by atoms with E-state index in [1.54, 1.807) is 42.7 Å². The van der Waals surface area contributed by atoms with E-state index in [1.165, 1.54) is 7.11 Å². The fraction of sp³-hybridized carbons (Fsp3) is 0.231. The average Bonchev–Trinajstić information content (AvgIpc) is 2.84. The van der Waals surface area contributed by atoms with Crippen LogP contribution in [-0.4, -0.2) is 41.0 Å². The second kappa shape index (κ2) is 12.3. The first kappa shape index (κ1) is 26.2. The second-order valence-corrected chi connectivity index (χ2v) is 8.70. The third kappa shape index (κ3) is 6.81. The molecule has 0 aliphatic rings. The molecule has 1 unspecified atom stereocenters. The summed E-state index contributed by atoms with van der Waals surface area (Å²) in [6.45, 7) is 4.14. The van der Waals surface area contributed by atoms with Gasteiger partial charge in [0.1, 0.15) is 6.04 Å². The van der Waals surface area contributed by atoms with E-state index >= 15 is 0 Å². The van der Waals surface area contributed by atoms with Crippen molar-refractivity contribution >= 4 is 52.8 Å². The first-order valence-corrected chi connectivity index (χ1v) is 11.7. The second-order valence-electron chi connectivity index (χ2n) is 7.89. The molecule has 7 nitrogen and oxygen atoms in total. The summed E-state index contributed by atoms with van der Waals surface area (Å²) in [6, 6.07) is 13.7. The van der Waals surface area contributed by atoms with Gasteiger partial charge >= 0.3 is 5.97 Å². The van der Waals surface area contributed by atoms with Crippen molar-refractivity contribution in [1.82, 2.24) is 15.3 Å². The number of carbonyl (C=O) groups excluding carboxylic acids is 2. The number of carbonyl (C=O) groups is 2. The van der Waals surface area contributed by atoms with Gasteiger partial charge in [0.25, 0.3) is 5.91 Å². The largest absolute Gasteiger partial charge is 0.467 e. The number of anilines is 2. The van der Waals surface area contributed by atoms with Crippen LogP contribution in [0.1, 0.15) is 36.2 Å². The number of benzene rings is 2. The van der Waals surface area contributed by atoms with Crippen molar-refractivity contribution in [3.8, 4) is 0 Å². The van der Waals surface area contributed by atoms with Gasteiger partial charge in [0.2, 0.25) is 5.95 Å². The number of nitrogens with zero attached hydrogens (tertiary/aromatic N) is 3. The topological polar surface area (TPSA) is 84.4 Å². The van der Waals surface area contributed by atoms with E-state index in [0.717, 1.165) is 11.3 Å². The number of amides is 1. The van der Waals surface area contributed by atoms with Gasteiger partial charge in [-0.05, 0) is 56.2 Å². The minimum absolute atomic E-state index is 0.112. The monoisotopic (exact) mass is 512 g/mol. The highest BCUT2D eigenvalue weighted by Crippen LogP contribution is 2.26. The zero-order valence-corrected chi connectivity index (χ0v) is 21.1. The maximum atomic E-state index is 12.7. The van der Waals surface area contributed by atoms with Crippen molar-refractivity contribution < 1.29 is 14.3 Å². The maximum Gasteiger partial charge on any atom is 0.328 e. The van der Waals surface area contributed by atoms with Crippen LogP contribution in [0.4, 0.5) is 11.6 Å². The van der Waals surface area contributed by atoms with Gasteiger partial charge in [-0.3, -0.25) is 4.79 Å². The van der Waals surface area contributed by atoms with E-state index in [-0.39, 0.29) is 28.1 Å². The Bertz CT molecular complexity index is 1160. The normalized spacial score (nSPS) is 11.9. The van der Waals surface area contributed by atoms with Crippen molar-refractivity contribution in [2.75, 3.05) is 12.0 Å². The number of rotatable bonds is 9. The first-order chi connectivity index (χ1) is 16.8. The van der Waals surface area contributed by atoms with Crippen LogP contribution in [0.25, 0.3) is 6.08 Å². The summed E-state index contributed by atoms with van der Waals surface area (Å²) in [4.78, 5) is 35.7. The quantitative estimate of drug-likeness (QED) is 0.370. The molecule has 0 radical (unpaired) electrons. The van der Waals surface area contributed by atoms with Crippen molar-refractivity contribution in [2.45, 2.75) is 32.4 Å². The van der Waals surface area contributed by atoms with Crippen molar-refractivity contribution in [3.63, 3.8) is 0 Å². The van der Waals surface area contributed by atoms with Crippen LogP contribution in [0.3, 0.4) is 0 Å². The number of ether oxygens (including phenoxy) is 1. The van der Waals surface area contributed by atoms with Crippen LogP contribution in [0, 0.1) is 0 Å². The van der Waals surface area contributed by atoms with Crippen LogP contribution < -0.4 is 10.2 Å². The first-order valence-electron chi connectivity index (χ1n) is 11.0. The van der Waals surface area contributed by atoms with Crippen LogP contribution in [0.5, 0.6) is 0 Å². The maximum absolute atomic E-state index is 12.7. The predicted molar refractivity (Wildman–Crippen MR) is 139 cm³/mol. The number of aromatic nitrogens is 2. The molecule has 3 rings (SSSR count). The Labute approximate surface area is 214 Å². The SMILES string of the molecule is COC(=O)C(CC=Cc1ccc(N(c2ncccn2)C(C)C)cc1)NC(=O)c1c(Cl)cccc1Cl. The van der Waals surface area contributed by atoms with E-state index < -0.39 is 17.9 Å². The van der Waals surface area contributed by atoms with Gasteiger partial charge in [-0.2, -0.15) is 0 Å². The number of halogens is 2. The van der Waals surface area contributed by atoms with Gasteiger partial charge < -0.3 is 15.0 Å². The van der Waals surface area contributed by atoms with Gasteiger partial charge in [0.05, 0.1) is 22.7 Å². The average molecular weight is 513 g/mol. The lowest BCUT2D eigenvalue weighted by Crippen LogP contribution is -2.41. The minimum Gasteiger partial charge on any atom is -0.467 e. The van der Waals surface area contributed by atoms with Gasteiger partial charge in [-0.15, -0.1) is 0 Å². The van der Waals surface area contributed by atoms with Gasteiger partial charge in [0, 0.05) is 24.1 Å². The summed E-state index contributed by atoms with van der Waals surface area (Å²) in [5, 5.41) is 3.05. The predicted octanol–water partition coefficient (Wildman–Crippen LogP) is 5.70. The van der Waals surface area contributed by atoms with E-state index in [4.69, 9.17) is 27.9 Å². The lowest BCUT2D eigenvalue weighted by molar-refractivity contribution is -0.142. The summed E-state index contributed by atoms with van der Waals surface area (Å²) in [7, 11) is 1.27. The molecule has 1 atom stereocenters. The zero-order chi connectivity index (χ0) is 25.4. The standard InChI is InChI=1S/C26H26Cl2N4O3/c1-17(2)32(26-29-15-6-16-30-26)19-13-11-18(12-14-19)7-4-10-22(25(34)35-3)31-24(33)23-20(27)8-5-9-21(23)28/h4-9,11-17,22H,10H2,1-3H3,(H,31,33). The fourth-order valence-electron chi connectivity index (χ4n) is 3.45. The molecule has 1 aromatic heterocycles. The minimum atomic E-state index is -0.901. The van der Waals surface area contributed by atoms with Crippen molar-refractivity contribution in [3.05, 3.63) is 88.2 Å². The Hall–Kier alpha value is -3.42. The summed E-state index contributed by atoms with van der Waals surface area (Å²) < 4.78 is 4.85. The Morgan fingerprint density at radius 3 is 2.23 bits per heavy atom. The molecule has 0 aliphatic heterocycles. The van der Waals surface area contributed by atoms with Crippen molar-refractivity contribution in [1.29, 1.82) is 0 Å². The highest BCUT2D eigenvalue weighted by atomic mass is 35.5. The zero-order valence-electron chi connectivity index (χ0n) is 19.6. The van der Waals surface area contributed by atoms with Gasteiger partial charge in [0.15, 0.2) is 0 Å². The molecule has 35 heavy (non-hydrogen) atoms. The summed E-state index contributed by atoms with van der Waals surface area (Å²) in [5.41, 5.74) is 2.00. The Kier molecular flexibility index (Phi) is 9.23. The third-order valence-electron chi connectivity index (χ3n) is 5.12. The van der Waals surface area contributed by atoms with Crippen molar-refractivity contribution in [2.24, 2.45) is 0 Å². The van der Waals surface area contributed by atoms with E-state index in [0.29, 0.717) is 5.95 Å². The number of hydrogen-bond acceptors (Lipinski definition) is 6. The third-order valence-corrected chi connectivity index (χ3v) is 5.75. The Morgan fingerprint density at radius 2 is 1.66 bits per heavy atom. The number of nitrogens with one attached hydrogen (secondary N) is 1. The molecule has 182 valence electrons. The van der Waals surface area contributed by atoms with Gasteiger partial charge in [-0.1, -0.05) is 53.6 Å². The molecular formula is C26H26Cl2N4O3. The fourth-order valence-corrected chi connectivity index (χ4v) is 4.02. The number of methoxy groups -OCH3 is 1. The highest BCUT2D eigenvalue weighted by molar-refractivity contribution is 6.39. The molecule has 3 aromatic rings. The number of esters is 1. The van der Waals surface area contributed by atoms with Gasteiger partial charge in [-0.25, -0.2) is 14.8 Å². The summed E-state index contributed by atoms with van der Waals surface area (Å²) in [6.07, 6.45) is 7.31. The van der Waals surface area contributed by atoms with Crippen LogP contribution in [-0.2, 0) is 9.53 Å². The van der Waals surface area contributed by atoms with E-state index in [1.807, 2.05) is 35.2 Å². The Morgan fingerprint density at radius 1 is 1.03 bits per heavy atom. The lowest BCUT2D eigenvalue weighted by atomic mass is 10.1. The van der Waals surface area contributed by atoms with E-state index in [9.17, 15) is 9.59 Å². The molecule has 1 N–H and O–H groups in total. The number of hydrogen-bond donors (Lipinski definition) is 1. The molecule has 0 bridgehead atoms. The molecule has 0 saturated carbocycles. The molecule has 0 spiro atoms. The molecule has 0 saturated heterocycles. The Balaban J connectivity index is 1.71. The summed E-state index contributed by atoms with van der Waals surface area (Å²) >= 11 is 12.2. The summed E-state index contributed by atoms with van der Waals surface area (Å²) in [5.74, 6) is -0.497. The smallest absolute Gasteiger partial charge is 0.328 e. The molecule has 9 heteroatoms. The molecule has 0 aliphatic carbocycles. The van der Waals surface area contributed by atoms with Crippen LogP contribution >= 0.6 is 23.2 Å². The lowest BCUT2D eigenvalue weighted by Gasteiger charge is -2.26. The molecule has 1 heterocycles. The molecular weight excluding hydrogens is 487 g/mol. The molecule has 2 aromatic carbocycles. The van der Waals surface area contributed by atoms with E-state index in [2.05, 4.69) is 29.1 Å². The molecule has 1 amide bonds. The highest BCUT2D eigenvalue weighted by Gasteiger charge is 2.23. The van der Waals surface area contributed by atoms with Crippen LogP contribution in [0.2, 0.25) is 10.0 Å².